The van der Waals surface area contributed by atoms with Crippen LogP contribution in [0.2, 0.25) is 5.02 Å². The Balaban J connectivity index is 2.27. The molecule has 102 valence electrons. The molecule has 7 heteroatoms. The van der Waals surface area contributed by atoms with Gasteiger partial charge < -0.3 is 5.73 Å². The van der Waals surface area contributed by atoms with E-state index in [1.807, 2.05) is 0 Å². The maximum Gasteiger partial charge on any atom is 0.153 e. The van der Waals surface area contributed by atoms with Crippen LogP contribution in [0, 0.1) is 5.82 Å². The fraction of sp³-hybridized carbons (Fsp3) is 0.0769. The van der Waals surface area contributed by atoms with Crippen molar-refractivity contribution in [2.45, 2.75) is 0 Å². The number of halogens is 2. The van der Waals surface area contributed by atoms with Gasteiger partial charge in [-0.2, -0.15) is 10.2 Å². The molecule has 0 spiro atoms. The highest BCUT2D eigenvalue weighted by molar-refractivity contribution is 6.33. The molecule has 0 saturated heterocycles. The predicted octanol–water partition coefficient (Wildman–Crippen LogP) is 2.85. The van der Waals surface area contributed by atoms with Gasteiger partial charge in [0.25, 0.3) is 0 Å². The first kappa shape index (κ1) is 12.7. The number of aryl methyl sites for hydroxylation is 1. The second-order valence-electron chi connectivity index (χ2n) is 4.33. The number of nitrogens with zero attached hydrogens (tertiary/aromatic N) is 3. The minimum absolute atomic E-state index is 0.178. The van der Waals surface area contributed by atoms with Gasteiger partial charge in [0.15, 0.2) is 5.82 Å². The number of hydrogen-bond donors (Lipinski definition) is 2. The smallest absolute Gasteiger partial charge is 0.153 e. The van der Waals surface area contributed by atoms with Gasteiger partial charge >= 0.3 is 0 Å². The normalized spacial score (nSPS) is 10.9. The van der Waals surface area contributed by atoms with E-state index in [2.05, 4.69) is 15.3 Å². The third-order valence-corrected chi connectivity index (χ3v) is 3.29. The molecule has 2 heterocycles. The minimum Gasteiger partial charge on any atom is -0.382 e. The zero-order valence-electron chi connectivity index (χ0n) is 10.6. The lowest BCUT2D eigenvalue weighted by molar-refractivity contribution is 0.631. The van der Waals surface area contributed by atoms with Crippen LogP contribution in [-0.2, 0) is 7.05 Å². The fourth-order valence-corrected chi connectivity index (χ4v) is 2.34. The summed E-state index contributed by atoms with van der Waals surface area (Å²) >= 11 is 6.09. The van der Waals surface area contributed by atoms with E-state index in [1.165, 1.54) is 12.1 Å². The van der Waals surface area contributed by atoms with Gasteiger partial charge in [0.2, 0.25) is 0 Å². The van der Waals surface area contributed by atoms with E-state index in [4.69, 9.17) is 17.3 Å². The molecule has 2 aromatic heterocycles. The average molecular weight is 292 g/mol. The highest BCUT2D eigenvalue weighted by atomic mass is 35.5. The zero-order valence-corrected chi connectivity index (χ0v) is 11.3. The Hall–Kier alpha value is -2.34. The lowest BCUT2D eigenvalue weighted by atomic mass is 10.0. The second-order valence-corrected chi connectivity index (χ2v) is 4.74. The van der Waals surface area contributed by atoms with E-state index in [9.17, 15) is 4.39 Å². The van der Waals surface area contributed by atoms with Crippen molar-refractivity contribution in [3.63, 3.8) is 0 Å². The van der Waals surface area contributed by atoms with E-state index in [1.54, 1.807) is 30.1 Å². The minimum atomic E-state index is -0.456. The number of benzene rings is 1. The average Bonchev–Trinajstić information content (AvgIpc) is 2.97. The highest BCUT2D eigenvalue weighted by Crippen LogP contribution is 2.39. The number of anilines is 1. The molecule has 0 radical (unpaired) electrons. The van der Waals surface area contributed by atoms with Crippen LogP contribution in [0.1, 0.15) is 0 Å². The van der Waals surface area contributed by atoms with Crippen LogP contribution in [-0.4, -0.2) is 20.0 Å². The summed E-state index contributed by atoms with van der Waals surface area (Å²) in [5, 5.41) is 11.3. The van der Waals surface area contributed by atoms with Gasteiger partial charge in [-0.3, -0.25) is 9.78 Å². The predicted molar refractivity (Wildman–Crippen MR) is 75.6 cm³/mol. The first-order valence-corrected chi connectivity index (χ1v) is 6.24. The van der Waals surface area contributed by atoms with E-state index in [0.29, 0.717) is 17.0 Å². The Labute approximate surface area is 119 Å². The summed E-state index contributed by atoms with van der Waals surface area (Å²) < 4.78 is 15.7. The van der Waals surface area contributed by atoms with Crippen LogP contribution in [0.25, 0.3) is 22.5 Å². The largest absolute Gasteiger partial charge is 0.382 e. The molecule has 0 fully saturated rings. The van der Waals surface area contributed by atoms with Crippen LogP contribution in [0.5, 0.6) is 0 Å². The summed E-state index contributed by atoms with van der Waals surface area (Å²) in [6.45, 7) is 0. The number of aromatic nitrogens is 4. The molecular formula is C13H11ClFN5. The first-order chi connectivity index (χ1) is 9.58. The molecule has 0 aliphatic rings. The van der Waals surface area contributed by atoms with Gasteiger partial charge in [0, 0.05) is 18.8 Å². The molecule has 20 heavy (non-hydrogen) atoms. The molecule has 1 aromatic carbocycles. The summed E-state index contributed by atoms with van der Waals surface area (Å²) in [5.74, 6) is -0.277. The van der Waals surface area contributed by atoms with Gasteiger partial charge in [-0.25, -0.2) is 4.39 Å². The van der Waals surface area contributed by atoms with Crippen molar-refractivity contribution >= 4 is 17.4 Å². The summed E-state index contributed by atoms with van der Waals surface area (Å²) in [7, 11) is 1.79. The van der Waals surface area contributed by atoms with Crippen LogP contribution >= 0.6 is 11.6 Å². The van der Waals surface area contributed by atoms with Crippen molar-refractivity contribution in [2.75, 3.05) is 5.73 Å². The molecule has 0 bridgehead atoms. The van der Waals surface area contributed by atoms with E-state index in [-0.39, 0.29) is 16.4 Å². The van der Waals surface area contributed by atoms with Crippen molar-refractivity contribution in [3.8, 4) is 22.5 Å². The third kappa shape index (κ3) is 1.94. The topological polar surface area (TPSA) is 72.5 Å². The summed E-state index contributed by atoms with van der Waals surface area (Å²) in [6.07, 6.45) is 1.78. The number of H-pyrrole nitrogens is 1. The summed E-state index contributed by atoms with van der Waals surface area (Å²) in [6, 6.07) is 6.26. The molecule has 0 amide bonds. The molecule has 0 unspecified atom stereocenters. The molecule has 0 aliphatic heterocycles. The number of rotatable bonds is 2. The molecule has 3 N–H and O–H groups in total. The Bertz CT molecular complexity index is 757. The lowest BCUT2D eigenvalue weighted by Gasteiger charge is -2.06. The lowest BCUT2D eigenvalue weighted by Crippen LogP contribution is -1.93. The van der Waals surface area contributed by atoms with Crippen molar-refractivity contribution < 1.29 is 4.39 Å². The maximum atomic E-state index is 14.1. The number of nitrogens with one attached hydrogen (secondary N) is 1. The van der Waals surface area contributed by atoms with E-state index < -0.39 is 5.82 Å². The Kier molecular flexibility index (Phi) is 2.94. The van der Waals surface area contributed by atoms with Crippen molar-refractivity contribution in [2.24, 2.45) is 7.05 Å². The van der Waals surface area contributed by atoms with Crippen LogP contribution in [0.3, 0.4) is 0 Å². The molecular weight excluding hydrogens is 281 g/mol. The number of aromatic amines is 1. The quantitative estimate of drug-likeness (QED) is 0.762. The van der Waals surface area contributed by atoms with Gasteiger partial charge in [0.1, 0.15) is 11.5 Å². The molecule has 0 saturated carbocycles. The van der Waals surface area contributed by atoms with Crippen LogP contribution in [0.4, 0.5) is 10.2 Å². The second kappa shape index (κ2) is 4.64. The molecule has 5 nitrogen and oxygen atoms in total. The number of hydrogen-bond acceptors (Lipinski definition) is 3. The van der Waals surface area contributed by atoms with Crippen molar-refractivity contribution in [1.29, 1.82) is 0 Å². The first-order valence-electron chi connectivity index (χ1n) is 5.86. The number of nitrogens with two attached hydrogens (primary N) is 1. The highest BCUT2D eigenvalue weighted by Gasteiger charge is 2.21. The Morgan fingerprint density at radius 1 is 1.30 bits per heavy atom. The fourth-order valence-electron chi connectivity index (χ4n) is 2.08. The monoisotopic (exact) mass is 291 g/mol. The third-order valence-electron chi connectivity index (χ3n) is 2.98. The Morgan fingerprint density at radius 3 is 2.75 bits per heavy atom. The van der Waals surface area contributed by atoms with Crippen molar-refractivity contribution in [3.05, 3.63) is 41.3 Å². The van der Waals surface area contributed by atoms with Crippen LogP contribution in [0.15, 0.2) is 30.5 Å². The van der Waals surface area contributed by atoms with E-state index >= 15 is 0 Å². The molecule has 3 aromatic rings. The zero-order chi connectivity index (χ0) is 14.3. The van der Waals surface area contributed by atoms with E-state index in [0.717, 1.165) is 0 Å². The molecule has 0 atom stereocenters. The SMILES string of the molecule is Cn1ccc(-c2[nH]nc(N)c2-c2c(F)cccc2Cl)n1. The maximum absolute atomic E-state index is 14.1. The van der Waals surface area contributed by atoms with Gasteiger partial charge in [-0.15, -0.1) is 0 Å². The van der Waals surface area contributed by atoms with Crippen molar-refractivity contribution in [1.82, 2.24) is 20.0 Å². The summed E-state index contributed by atoms with van der Waals surface area (Å²) in [5.41, 5.74) is 7.65. The summed E-state index contributed by atoms with van der Waals surface area (Å²) in [4.78, 5) is 0. The molecule has 0 aliphatic carbocycles. The number of nitrogen functional groups attached to an aromatic ring is 1. The van der Waals surface area contributed by atoms with Gasteiger partial charge in [-0.05, 0) is 18.2 Å². The standard InChI is InChI=1S/C13H11ClFN5/c1-20-6-5-9(19-20)12-11(13(16)18-17-12)10-7(14)3-2-4-8(10)15/h2-6H,1H3,(H3,16,17,18). The Morgan fingerprint density at radius 2 is 2.10 bits per heavy atom. The molecule has 3 rings (SSSR count). The van der Waals surface area contributed by atoms with Crippen LogP contribution < -0.4 is 5.73 Å². The van der Waals surface area contributed by atoms with Gasteiger partial charge in [-0.1, -0.05) is 17.7 Å². The van der Waals surface area contributed by atoms with Gasteiger partial charge in [0.05, 0.1) is 16.3 Å².